The Morgan fingerprint density at radius 1 is 1.33 bits per heavy atom. The summed E-state index contributed by atoms with van der Waals surface area (Å²) >= 11 is 0. The van der Waals surface area contributed by atoms with Crippen molar-refractivity contribution in [3.63, 3.8) is 0 Å². The smallest absolute Gasteiger partial charge is 0.318 e. The van der Waals surface area contributed by atoms with Crippen LogP contribution in [0.5, 0.6) is 0 Å². The summed E-state index contributed by atoms with van der Waals surface area (Å²) in [5.74, 6) is -0.247. The first kappa shape index (κ1) is 14.3. The van der Waals surface area contributed by atoms with Crippen molar-refractivity contribution in [2.24, 2.45) is 0 Å². The largest absolute Gasteiger partial charge is 0.372 e. The van der Waals surface area contributed by atoms with Gasteiger partial charge in [0.05, 0.1) is 18.2 Å². The number of ether oxygens (including phenoxy) is 1. The molecule has 1 N–H and O–H groups in total. The topological polar surface area (TPSA) is 41.6 Å². The van der Waals surface area contributed by atoms with Crippen LogP contribution in [0.2, 0.25) is 0 Å². The maximum absolute atomic E-state index is 13.4. The summed E-state index contributed by atoms with van der Waals surface area (Å²) in [5, 5.41) is 3.04. The molecule has 1 aliphatic carbocycles. The van der Waals surface area contributed by atoms with Gasteiger partial charge in [-0.15, -0.1) is 0 Å². The fourth-order valence-corrected chi connectivity index (χ4v) is 3.31. The van der Waals surface area contributed by atoms with Crippen LogP contribution >= 0.6 is 0 Å². The number of nitrogens with one attached hydrogen (secondary N) is 1. The average molecular weight is 292 g/mol. The van der Waals surface area contributed by atoms with Crippen LogP contribution in [-0.2, 0) is 11.2 Å². The van der Waals surface area contributed by atoms with Crippen molar-refractivity contribution >= 4 is 6.03 Å². The highest BCUT2D eigenvalue weighted by atomic mass is 19.1. The van der Waals surface area contributed by atoms with E-state index in [-0.39, 0.29) is 30.1 Å². The number of amides is 2. The molecule has 3 atom stereocenters. The van der Waals surface area contributed by atoms with Gasteiger partial charge in [-0.2, -0.15) is 0 Å². The molecule has 3 rings (SSSR count). The van der Waals surface area contributed by atoms with Gasteiger partial charge in [0.25, 0.3) is 0 Å². The molecule has 1 saturated heterocycles. The van der Waals surface area contributed by atoms with Crippen LogP contribution in [0.4, 0.5) is 9.18 Å². The molecular formula is C16H21FN2O2. The molecule has 1 aromatic rings. The Morgan fingerprint density at radius 3 is 2.76 bits per heavy atom. The van der Waals surface area contributed by atoms with E-state index in [4.69, 9.17) is 4.74 Å². The normalized spacial score (nSPS) is 28.3. The summed E-state index contributed by atoms with van der Waals surface area (Å²) in [7, 11) is 0. The number of carbonyl (C=O) groups excluding carboxylic acids is 1. The SMILES string of the molecule is CC1CN(C(=O)NC2CCc3ccc(F)cc32)CC(C)O1. The number of hydrogen-bond acceptors (Lipinski definition) is 2. The second-order valence-corrected chi connectivity index (χ2v) is 6.05. The molecule has 1 fully saturated rings. The van der Waals surface area contributed by atoms with Crippen LogP contribution < -0.4 is 5.32 Å². The standard InChI is InChI=1S/C16H21FN2O2/c1-10-8-19(9-11(2)21-10)16(20)18-15-6-4-12-3-5-13(17)7-14(12)15/h3,5,7,10-11,15H,4,6,8-9H2,1-2H3,(H,18,20). The first-order valence-electron chi connectivity index (χ1n) is 7.52. The molecule has 0 radical (unpaired) electrons. The third-order valence-corrected chi connectivity index (χ3v) is 4.19. The Bertz CT molecular complexity index is 539. The Morgan fingerprint density at radius 2 is 2.05 bits per heavy atom. The van der Waals surface area contributed by atoms with E-state index in [0.29, 0.717) is 13.1 Å². The molecule has 1 aromatic carbocycles. The molecular weight excluding hydrogens is 271 g/mol. The molecule has 114 valence electrons. The predicted octanol–water partition coefficient (Wildman–Crippen LogP) is 2.63. The molecule has 5 heteroatoms. The van der Waals surface area contributed by atoms with Crippen molar-refractivity contribution in [2.75, 3.05) is 13.1 Å². The number of urea groups is 1. The molecule has 3 unspecified atom stereocenters. The molecule has 21 heavy (non-hydrogen) atoms. The summed E-state index contributed by atoms with van der Waals surface area (Å²) in [6.07, 6.45) is 1.82. The minimum atomic E-state index is -0.247. The van der Waals surface area contributed by atoms with Crippen LogP contribution in [0, 0.1) is 5.82 Å². The highest BCUT2D eigenvalue weighted by Crippen LogP contribution is 2.31. The van der Waals surface area contributed by atoms with E-state index in [9.17, 15) is 9.18 Å². The van der Waals surface area contributed by atoms with E-state index in [1.807, 2.05) is 19.9 Å². The van der Waals surface area contributed by atoms with Crippen molar-refractivity contribution in [1.29, 1.82) is 0 Å². The number of halogens is 1. The molecule has 2 amide bonds. The van der Waals surface area contributed by atoms with E-state index in [0.717, 1.165) is 24.0 Å². The van der Waals surface area contributed by atoms with Gasteiger partial charge < -0.3 is 15.0 Å². The maximum Gasteiger partial charge on any atom is 0.318 e. The molecule has 0 aromatic heterocycles. The van der Waals surface area contributed by atoms with Gasteiger partial charge in [-0.25, -0.2) is 9.18 Å². The van der Waals surface area contributed by atoms with E-state index in [1.54, 1.807) is 4.90 Å². The first-order valence-corrected chi connectivity index (χ1v) is 7.52. The van der Waals surface area contributed by atoms with Gasteiger partial charge in [0, 0.05) is 13.1 Å². The van der Waals surface area contributed by atoms with E-state index < -0.39 is 0 Å². The number of aryl methyl sites for hydroxylation is 1. The van der Waals surface area contributed by atoms with E-state index in [2.05, 4.69) is 5.32 Å². The lowest BCUT2D eigenvalue weighted by atomic mass is 10.1. The Kier molecular flexibility index (Phi) is 3.85. The van der Waals surface area contributed by atoms with Gasteiger partial charge >= 0.3 is 6.03 Å². The number of rotatable bonds is 1. The zero-order chi connectivity index (χ0) is 15.0. The molecule has 0 spiro atoms. The van der Waals surface area contributed by atoms with Crippen molar-refractivity contribution in [2.45, 2.75) is 44.9 Å². The maximum atomic E-state index is 13.4. The number of hydrogen-bond donors (Lipinski definition) is 1. The lowest BCUT2D eigenvalue weighted by Gasteiger charge is -2.36. The minimum absolute atomic E-state index is 0.0489. The molecule has 1 aliphatic heterocycles. The second-order valence-electron chi connectivity index (χ2n) is 6.05. The number of benzene rings is 1. The molecule has 1 heterocycles. The van der Waals surface area contributed by atoms with Gasteiger partial charge in [-0.05, 0) is 49.9 Å². The van der Waals surface area contributed by atoms with Gasteiger partial charge in [0.2, 0.25) is 0 Å². The fourth-order valence-electron chi connectivity index (χ4n) is 3.31. The summed E-state index contributed by atoms with van der Waals surface area (Å²) in [5.41, 5.74) is 2.04. The third kappa shape index (κ3) is 3.02. The molecule has 2 aliphatic rings. The van der Waals surface area contributed by atoms with Gasteiger partial charge in [0.1, 0.15) is 5.82 Å². The number of fused-ring (bicyclic) bond motifs is 1. The van der Waals surface area contributed by atoms with Gasteiger partial charge in [0.15, 0.2) is 0 Å². The van der Waals surface area contributed by atoms with Crippen molar-refractivity contribution in [3.05, 3.63) is 35.1 Å². The van der Waals surface area contributed by atoms with Crippen LogP contribution in [0.1, 0.15) is 37.4 Å². The lowest BCUT2D eigenvalue weighted by molar-refractivity contribution is -0.0547. The summed E-state index contributed by atoms with van der Waals surface area (Å²) in [4.78, 5) is 14.2. The van der Waals surface area contributed by atoms with Crippen LogP contribution in [-0.4, -0.2) is 36.2 Å². The van der Waals surface area contributed by atoms with E-state index >= 15 is 0 Å². The Balaban J connectivity index is 1.68. The van der Waals surface area contributed by atoms with E-state index in [1.165, 1.54) is 12.1 Å². The average Bonchev–Trinajstić information content (AvgIpc) is 2.80. The quantitative estimate of drug-likeness (QED) is 0.864. The summed E-state index contributed by atoms with van der Waals surface area (Å²) < 4.78 is 19.0. The number of morpholine rings is 1. The first-order chi connectivity index (χ1) is 10.0. The van der Waals surface area contributed by atoms with Gasteiger partial charge in [-0.3, -0.25) is 0 Å². The second kappa shape index (κ2) is 5.64. The monoisotopic (exact) mass is 292 g/mol. The zero-order valence-corrected chi connectivity index (χ0v) is 12.4. The van der Waals surface area contributed by atoms with Crippen molar-refractivity contribution in [1.82, 2.24) is 10.2 Å². The van der Waals surface area contributed by atoms with Crippen LogP contribution in [0.25, 0.3) is 0 Å². The van der Waals surface area contributed by atoms with Gasteiger partial charge in [-0.1, -0.05) is 6.07 Å². The zero-order valence-electron chi connectivity index (χ0n) is 12.4. The van der Waals surface area contributed by atoms with Crippen LogP contribution in [0.15, 0.2) is 18.2 Å². The summed E-state index contributed by atoms with van der Waals surface area (Å²) in [6, 6.07) is 4.66. The molecule has 4 nitrogen and oxygen atoms in total. The molecule has 0 saturated carbocycles. The lowest BCUT2D eigenvalue weighted by Crippen LogP contribution is -2.52. The fraction of sp³-hybridized carbons (Fsp3) is 0.562. The third-order valence-electron chi connectivity index (χ3n) is 4.19. The Labute approximate surface area is 124 Å². The minimum Gasteiger partial charge on any atom is -0.372 e. The van der Waals surface area contributed by atoms with Crippen LogP contribution in [0.3, 0.4) is 0 Å². The highest BCUT2D eigenvalue weighted by molar-refractivity contribution is 5.75. The number of carbonyl (C=O) groups is 1. The number of nitrogens with zero attached hydrogens (tertiary/aromatic N) is 1. The van der Waals surface area contributed by atoms with Crippen molar-refractivity contribution in [3.8, 4) is 0 Å². The Hall–Kier alpha value is -1.62. The highest BCUT2D eigenvalue weighted by Gasteiger charge is 2.29. The summed E-state index contributed by atoms with van der Waals surface area (Å²) in [6.45, 7) is 5.13. The molecule has 0 bridgehead atoms. The van der Waals surface area contributed by atoms with Crippen molar-refractivity contribution < 1.29 is 13.9 Å². The predicted molar refractivity (Wildman–Crippen MR) is 77.6 cm³/mol.